The lowest BCUT2D eigenvalue weighted by molar-refractivity contribution is -0.132. The van der Waals surface area contributed by atoms with Gasteiger partial charge in [-0.05, 0) is 51.5 Å². The van der Waals surface area contributed by atoms with Crippen molar-refractivity contribution in [1.82, 2.24) is 0 Å². The largest absolute Gasteiger partial charge is 0.507 e. The van der Waals surface area contributed by atoms with Gasteiger partial charge in [0.1, 0.15) is 5.76 Å². The first-order valence-electron chi connectivity index (χ1n) is 8.92. The van der Waals surface area contributed by atoms with Crippen molar-refractivity contribution < 1.29 is 14.7 Å². The average Bonchev–Trinajstić information content (AvgIpc) is 2.52. The van der Waals surface area contributed by atoms with Gasteiger partial charge in [0.05, 0.1) is 5.57 Å². The van der Waals surface area contributed by atoms with E-state index >= 15 is 0 Å². The Morgan fingerprint density at radius 1 is 1.29 bits per heavy atom. The number of hydrogen-bond acceptors (Lipinski definition) is 3. The smallest absolute Gasteiger partial charge is 0.233 e. The molecule has 1 N–H and O–H groups in total. The molecule has 0 spiro atoms. The molecule has 0 aromatic carbocycles. The average molecular weight is 328 g/mol. The van der Waals surface area contributed by atoms with Crippen molar-refractivity contribution >= 4 is 11.6 Å². The first kappa shape index (κ1) is 18.4. The lowest BCUT2D eigenvalue weighted by Crippen LogP contribution is -2.32. The summed E-state index contributed by atoms with van der Waals surface area (Å²) >= 11 is 0. The number of hydrogen-bond donors (Lipinski definition) is 1. The molecule has 0 saturated carbocycles. The van der Waals surface area contributed by atoms with E-state index in [2.05, 4.69) is 13.5 Å². The fraction of sp³-hybridized carbons (Fsp3) is 0.524. The summed E-state index contributed by atoms with van der Waals surface area (Å²) in [5, 5.41) is 10.5. The molecule has 0 amide bonds. The predicted octanol–water partition coefficient (Wildman–Crippen LogP) is 5.01. The molecule has 0 aliphatic heterocycles. The molecule has 2 aliphatic carbocycles. The molecule has 0 bridgehead atoms. The first-order chi connectivity index (χ1) is 11.4. The zero-order valence-electron chi connectivity index (χ0n) is 15.0. The molecule has 2 atom stereocenters. The summed E-state index contributed by atoms with van der Waals surface area (Å²) < 4.78 is 0. The lowest BCUT2D eigenvalue weighted by Gasteiger charge is -2.32. The zero-order chi connectivity index (χ0) is 17.9. The van der Waals surface area contributed by atoms with E-state index in [0.29, 0.717) is 12.0 Å². The Kier molecular flexibility index (Phi) is 5.98. The highest BCUT2D eigenvalue weighted by Gasteiger charge is 2.38. The van der Waals surface area contributed by atoms with Gasteiger partial charge < -0.3 is 5.11 Å². The van der Waals surface area contributed by atoms with E-state index in [4.69, 9.17) is 0 Å². The van der Waals surface area contributed by atoms with Crippen molar-refractivity contribution in [1.29, 1.82) is 0 Å². The normalized spacial score (nSPS) is 24.8. The van der Waals surface area contributed by atoms with Crippen LogP contribution >= 0.6 is 0 Å². The van der Waals surface area contributed by atoms with Crippen molar-refractivity contribution in [2.75, 3.05) is 0 Å². The van der Waals surface area contributed by atoms with Gasteiger partial charge in [-0.1, -0.05) is 43.6 Å². The fourth-order valence-electron chi connectivity index (χ4n) is 3.67. The Hall–Kier alpha value is -1.90. The van der Waals surface area contributed by atoms with E-state index in [0.717, 1.165) is 37.7 Å². The van der Waals surface area contributed by atoms with Gasteiger partial charge in [-0.2, -0.15) is 0 Å². The number of unbranched alkanes of at least 4 members (excludes halogenated alkanes) is 2. The second-order valence-electron chi connectivity index (χ2n) is 7.11. The third-order valence-electron chi connectivity index (χ3n) is 5.09. The molecule has 0 aromatic heterocycles. The summed E-state index contributed by atoms with van der Waals surface area (Å²) in [6, 6.07) is 0. The third kappa shape index (κ3) is 3.77. The fourth-order valence-corrected chi connectivity index (χ4v) is 3.67. The highest BCUT2D eigenvalue weighted by molar-refractivity contribution is 6.50. The Morgan fingerprint density at radius 2 is 2.00 bits per heavy atom. The Labute approximate surface area is 144 Å². The Balaban J connectivity index is 2.38. The SMILES string of the molecule is C=C(C)C1CCC(C)=C[C@H]1C1=C(O)C=C(CCCCC)C(=O)C1=O. The number of Topliss-reactive ketones (excluding diaryl/α,β-unsaturated/α-hetero) is 2. The standard InChI is InChI=1S/C21H28O3/c1-5-6-7-8-15-12-18(22)19(21(24)20(15)23)17-11-14(4)9-10-16(17)13(2)3/h11-12,16-17,22H,2,5-10H2,1,3-4H3/t16?,17-/m1/s1. The molecular weight excluding hydrogens is 300 g/mol. The summed E-state index contributed by atoms with van der Waals surface area (Å²) in [4.78, 5) is 25.2. The summed E-state index contributed by atoms with van der Waals surface area (Å²) in [7, 11) is 0. The molecule has 0 heterocycles. The highest BCUT2D eigenvalue weighted by Crippen LogP contribution is 2.40. The van der Waals surface area contributed by atoms with Crippen LogP contribution in [0.25, 0.3) is 0 Å². The van der Waals surface area contributed by atoms with Gasteiger partial charge in [0, 0.05) is 11.5 Å². The number of carbonyl (C=O) groups is 2. The van der Waals surface area contributed by atoms with Gasteiger partial charge >= 0.3 is 0 Å². The van der Waals surface area contributed by atoms with Crippen LogP contribution in [0.5, 0.6) is 0 Å². The number of aliphatic hydroxyl groups is 1. The summed E-state index contributed by atoms with van der Waals surface area (Å²) in [5.74, 6) is -1.17. The molecule has 24 heavy (non-hydrogen) atoms. The van der Waals surface area contributed by atoms with Crippen LogP contribution in [-0.2, 0) is 9.59 Å². The molecule has 3 heteroatoms. The minimum Gasteiger partial charge on any atom is -0.507 e. The molecule has 3 nitrogen and oxygen atoms in total. The van der Waals surface area contributed by atoms with E-state index in [1.165, 1.54) is 11.6 Å². The number of aliphatic hydroxyl groups excluding tert-OH is 1. The molecule has 1 unspecified atom stereocenters. The molecule has 130 valence electrons. The van der Waals surface area contributed by atoms with Gasteiger partial charge in [0.2, 0.25) is 11.6 Å². The van der Waals surface area contributed by atoms with E-state index in [1.54, 1.807) is 0 Å². The second-order valence-corrected chi connectivity index (χ2v) is 7.11. The van der Waals surface area contributed by atoms with Crippen molar-refractivity contribution in [3.8, 4) is 0 Å². The monoisotopic (exact) mass is 328 g/mol. The van der Waals surface area contributed by atoms with E-state index in [1.807, 2.05) is 19.9 Å². The minimum atomic E-state index is -0.538. The van der Waals surface area contributed by atoms with Gasteiger partial charge in [0.15, 0.2) is 0 Å². The van der Waals surface area contributed by atoms with Crippen molar-refractivity contribution in [3.63, 3.8) is 0 Å². The topological polar surface area (TPSA) is 54.4 Å². The van der Waals surface area contributed by atoms with Gasteiger partial charge in [-0.3, -0.25) is 9.59 Å². The van der Waals surface area contributed by atoms with Gasteiger partial charge in [0.25, 0.3) is 0 Å². The maximum Gasteiger partial charge on any atom is 0.233 e. The van der Waals surface area contributed by atoms with Crippen LogP contribution in [-0.4, -0.2) is 16.7 Å². The maximum atomic E-state index is 12.7. The van der Waals surface area contributed by atoms with Crippen molar-refractivity contribution in [2.45, 2.75) is 59.3 Å². The van der Waals surface area contributed by atoms with Gasteiger partial charge in [-0.15, -0.1) is 0 Å². The molecule has 0 radical (unpaired) electrons. The van der Waals surface area contributed by atoms with Crippen LogP contribution in [0.15, 0.2) is 46.8 Å². The quantitative estimate of drug-likeness (QED) is 0.323. The molecule has 0 aromatic rings. The number of allylic oxidation sites excluding steroid dienone is 6. The van der Waals surface area contributed by atoms with Crippen LogP contribution in [0.1, 0.15) is 59.3 Å². The van der Waals surface area contributed by atoms with Crippen LogP contribution in [0.3, 0.4) is 0 Å². The first-order valence-corrected chi connectivity index (χ1v) is 8.92. The van der Waals surface area contributed by atoms with E-state index in [-0.39, 0.29) is 23.2 Å². The van der Waals surface area contributed by atoms with E-state index < -0.39 is 11.6 Å². The Morgan fingerprint density at radius 3 is 2.62 bits per heavy atom. The number of rotatable bonds is 6. The summed E-state index contributed by atoms with van der Waals surface area (Å²) in [6.07, 6.45) is 8.88. The molecular formula is C21H28O3. The molecule has 0 saturated heterocycles. The van der Waals surface area contributed by atoms with Crippen molar-refractivity contribution in [2.24, 2.45) is 11.8 Å². The number of carbonyl (C=O) groups excluding carboxylic acids is 2. The minimum absolute atomic E-state index is 0.0340. The van der Waals surface area contributed by atoms with Gasteiger partial charge in [-0.25, -0.2) is 0 Å². The van der Waals surface area contributed by atoms with Crippen LogP contribution < -0.4 is 0 Å². The summed E-state index contributed by atoms with van der Waals surface area (Å²) in [6.45, 7) is 10.1. The second kappa shape index (κ2) is 7.78. The highest BCUT2D eigenvalue weighted by atomic mass is 16.3. The zero-order valence-corrected chi connectivity index (χ0v) is 15.0. The van der Waals surface area contributed by atoms with Crippen molar-refractivity contribution in [3.05, 3.63) is 46.8 Å². The maximum absolute atomic E-state index is 12.7. The molecule has 0 fully saturated rings. The third-order valence-corrected chi connectivity index (χ3v) is 5.09. The summed E-state index contributed by atoms with van der Waals surface area (Å²) in [5.41, 5.74) is 2.88. The Bertz CT molecular complexity index is 646. The lowest BCUT2D eigenvalue weighted by atomic mass is 9.71. The molecule has 2 rings (SSSR count). The van der Waals surface area contributed by atoms with E-state index in [9.17, 15) is 14.7 Å². The van der Waals surface area contributed by atoms with Crippen LogP contribution in [0.4, 0.5) is 0 Å². The number of ketones is 2. The van der Waals surface area contributed by atoms with Crippen LogP contribution in [0, 0.1) is 11.8 Å². The molecule has 2 aliphatic rings. The van der Waals surface area contributed by atoms with Crippen LogP contribution in [0.2, 0.25) is 0 Å². The predicted molar refractivity (Wildman–Crippen MR) is 96.7 cm³/mol.